The molecule has 3 nitrogen and oxygen atoms in total. The second kappa shape index (κ2) is 6.55. The Morgan fingerprint density at radius 1 is 1.80 bits per heavy atom. The maximum Gasteiger partial charge on any atom is 0.314 e. The first kappa shape index (κ1) is 12.1. The van der Waals surface area contributed by atoms with E-state index in [-0.39, 0.29) is 24.3 Å². The molecule has 0 rings (SSSR count). The molecule has 0 amide bonds. The first-order valence-electron chi connectivity index (χ1n) is 2.84. The minimum atomic E-state index is -0.352. The Kier molecular flexibility index (Phi) is 7.95. The summed E-state index contributed by atoms with van der Waals surface area (Å²) in [4.78, 5) is 10.6. The number of rotatable bonds is 3. The van der Waals surface area contributed by atoms with Gasteiger partial charge in [0.15, 0.2) is 0 Å². The van der Waals surface area contributed by atoms with Crippen molar-refractivity contribution in [2.45, 2.75) is 13.3 Å². The maximum absolute atomic E-state index is 10.6. The molecule has 1 atom stereocenters. The van der Waals surface area contributed by atoms with Crippen molar-refractivity contribution in [1.82, 2.24) is 0 Å². The van der Waals surface area contributed by atoms with E-state index in [1.807, 2.05) is 6.92 Å². The van der Waals surface area contributed by atoms with Crippen molar-refractivity contribution in [2.75, 3.05) is 7.11 Å². The number of carbonyl (C=O) groups is 1. The Hall–Kier alpha value is -0.570. The molecule has 0 aliphatic heterocycles. The van der Waals surface area contributed by atoms with Gasteiger partial charge in [-0.25, -0.2) is 0 Å². The van der Waals surface area contributed by atoms with E-state index in [1.165, 1.54) is 7.11 Å². The van der Waals surface area contributed by atoms with E-state index >= 15 is 0 Å². The smallest absolute Gasteiger partial charge is 0.314 e. The van der Waals surface area contributed by atoms with Crippen LogP contribution in [0, 0.1) is 11.3 Å². The second-order valence-corrected chi connectivity index (χ2v) is 1.70. The average Bonchev–Trinajstić information content (AvgIpc) is 1.90. The molecule has 4 heteroatoms. The zero-order chi connectivity index (χ0) is 7.28. The van der Waals surface area contributed by atoms with E-state index in [0.717, 1.165) is 6.21 Å². The molecule has 60 valence electrons. The lowest BCUT2D eigenvalue weighted by Gasteiger charge is -2.03. The highest BCUT2D eigenvalue weighted by molar-refractivity contribution is 5.88. The van der Waals surface area contributed by atoms with Gasteiger partial charge in [0.05, 0.1) is 13.0 Å². The molecule has 0 aromatic rings. The Morgan fingerprint density at radius 2 is 2.30 bits per heavy atom. The molecule has 10 heavy (non-hydrogen) atoms. The zero-order valence-electron chi connectivity index (χ0n) is 6.09. The third kappa shape index (κ3) is 3.45. The van der Waals surface area contributed by atoms with Gasteiger partial charge in [0, 0.05) is 6.21 Å². The molecule has 1 N–H and O–H groups in total. The van der Waals surface area contributed by atoms with Crippen molar-refractivity contribution >= 4 is 24.6 Å². The summed E-state index contributed by atoms with van der Waals surface area (Å²) in [5.41, 5.74) is 0. The molecule has 0 bridgehead atoms. The normalized spacial score (nSPS) is 11.0. The van der Waals surface area contributed by atoms with Gasteiger partial charge in [-0.1, -0.05) is 6.92 Å². The summed E-state index contributed by atoms with van der Waals surface area (Å²) >= 11 is 0. The van der Waals surface area contributed by atoms with Crippen molar-refractivity contribution in [1.29, 1.82) is 5.41 Å². The molecule has 0 fully saturated rings. The van der Waals surface area contributed by atoms with E-state index in [2.05, 4.69) is 4.74 Å². The predicted molar refractivity (Wildman–Crippen MR) is 41.8 cm³/mol. The standard InChI is InChI=1S/C6H11NO2.ClH/c1-3-5(4-7)6(8)9-2;/h4-5,7H,3H2,1-2H3;1H. The highest BCUT2D eigenvalue weighted by Gasteiger charge is 2.12. The highest BCUT2D eigenvalue weighted by Crippen LogP contribution is 1.99. The van der Waals surface area contributed by atoms with Crippen molar-refractivity contribution in [3.8, 4) is 0 Å². The summed E-state index contributed by atoms with van der Waals surface area (Å²) in [6, 6.07) is 0. The molecule has 0 radical (unpaired) electrons. The van der Waals surface area contributed by atoms with Crippen LogP contribution in [0.4, 0.5) is 0 Å². The molecule has 0 heterocycles. The van der Waals surface area contributed by atoms with Crippen molar-refractivity contribution in [3.63, 3.8) is 0 Å². The van der Waals surface area contributed by atoms with Gasteiger partial charge in [0.1, 0.15) is 0 Å². The van der Waals surface area contributed by atoms with Gasteiger partial charge in [-0.05, 0) is 6.42 Å². The van der Waals surface area contributed by atoms with Gasteiger partial charge >= 0.3 is 5.97 Å². The lowest BCUT2D eigenvalue weighted by molar-refractivity contribution is -0.142. The van der Waals surface area contributed by atoms with Gasteiger partial charge in [0.25, 0.3) is 0 Å². The van der Waals surface area contributed by atoms with Gasteiger partial charge < -0.3 is 10.1 Å². The van der Waals surface area contributed by atoms with Crippen LogP contribution in [-0.4, -0.2) is 19.3 Å². The van der Waals surface area contributed by atoms with E-state index < -0.39 is 0 Å². The third-order valence-corrected chi connectivity index (χ3v) is 1.14. The van der Waals surface area contributed by atoms with E-state index in [9.17, 15) is 4.79 Å². The molecule has 0 aliphatic carbocycles. The van der Waals surface area contributed by atoms with Crippen molar-refractivity contribution in [2.24, 2.45) is 5.92 Å². The van der Waals surface area contributed by atoms with Crippen LogP contribution < -0.4 is 0 Å². The third-order valence-electron chi connectivity index (χ3n) is 1.14. The monoisotopic (exact) mass is 165 g/mol. The topological polar surface area (TPSA) is 50.2 Å². The Morgan fingerprint density at radius 3 is 2.40 bits per heavy atom. The number of ether oxygens (including phenoxy) is 1. The van der Waals surface area contributed by atoms with Crippen LogP contribution in [0.25, 0.3) is 0 Å². The minimum Gasteiger partial charge on any atom is -0.469 e. The van der Waals surface area contributed by atoms with Crippen LogP contribution >= 0.6 is 12.4 Å². The summed E-state index contributed by atoms with van der Waals surface area (Å²) in [5.74, 6) is -0.678. The maximum atomic E-state index is 10.6. The number of halogens is 1. The first-order valence-corrected chi connectivity index (χ1v) is 2.84. The number of hydrogen-bond donors (Lipinski definition) is 1. The lowest BCUT2D eigenvalue weighted by atomic mass is 10.1. The Labute approximate surface area is 66.7 Å². The molecule has 0 saturated carbocycles. The van der Waals surface area contributed by atoms with Gasteiger partial charge in [-0.2, -0.15) is 0 Å². The van der Waals surface area contributed by atoms with Crippen LogP contribution in [-0.2, 0) is 9.53 Å². The van der Waals surface area contributed by atoms with E-state index in [4.69, 9.17) is 5.41 Å². The number of hydrogen-bond acceptors (Lipinski definition) is 3. The summed E-state index contributed by atoms with van der Waals surface area (Å²) in [5, 5.41) is 6.77. The lowest BCUT2D eigenvalue weighted by Crippen LogP contribution is -2.15. The molecule has 0 spiro atoms. The van der Waals surface area contributed by atoms with E-state index in [1.54, 1.807) is 0 Å². The fraction of sp³-hybridized carbons (Fsp3) is 0.667. The fourth-order valence-electron chi connectivity index (χ4n) is 0.504. The van der Waals surface area contributed by atoms with Gasteiger partial charge in [-0.15, -0.1) is 12.4 Å². The van der Waals surface area contributed by atoms with Crippen LogP contribution in [0.1, 0.15) is 13.3 Å². The fourth-order valence-corrected chi connectivity index (χ4v) is 0.504. The summed E-state index contributed by atoms with van der Waals surface area (Å²) in [6.45, 7) is 1.84. The molecule has 0 saturated heterocycles. The van der Waals surface area contributed by atoms with Crippen LogP contribution in [0.5, 0.6) is 0 Å². The predicted octanol–water partition coefficient (Wildman–Crippen LogP) is 1.26. The molecule has 0 aliphatic rings. The molecule has 1 unspecified atom stereocenters. The summed E-state index contributed by atoms with van der Waals surface area (Å²) in [6.07, 6.45) is 1.74. The molecular formula is C6H12ClNO2. The quantitative estimate of drug-likeness (QED) is 0.506. The zero-order valence-corrected chi connectivity index (χ0v) is 6.90. The van der Waals surface area contributed by atoms with E-state index in [0.29, 0.717) is 6.42 Å². The van der Waals surface area contributed by atoms with Crippen molar-refractivity contribution in [3.05, 3.63) is 0 Å². The molecule has 0 aromatic heterocycles. The largest absolute Gasteiger partial charge is 0.469 e. The molecule has 0 aromatic carbocycles. The number of nitrogens with one attached hydrogen (secondary N) is 1. The second-order valence-electron chi connectivity index (χ2n) is 1.70. The SMILES string of the molecule is CCC(C=N)C(=O)OC.Cl. The minimum absolute atomic E-state index is 0. The van der Waals surface area contributed by atoms with Gasteiger partial charge in [-0.3, -0.25) is 4.79 Å². The van der Waals surface area contributed by atoms with Crippen LogP contribution in [0.15, 0.2) is 0 Å². The van der Waals surface area contributed by atoms with Crippen LogP contribution in [0.3, 0.4) is 0 Å². The number of esters is 1. The first-order chi connectivity index (χ1) is 4.26. The number of methoxy groups -OCH3 is 1. The molecular weight excluding hydrogens is 154 g/mol. The van der Waals surface area contributed by atoms with Crippen molar-refractivity contribution < 1.29 is 9.53 Å². The summed E-state index contributed by atoms with van der Waals surface area (Å²) in [7, 11) is 1.33. The Bertz CT molecular complexity index is 116. The van der Waals surface area contributed by atoms with Crippen LogP contribution in [0.2, 0.25) is 0 Å². The Balaban J connectivity index is 0. The summed E-state index contributed by atoms with van der Waals surface area (Å²) < 4.78 is 4.40. The number of carbonyl (C=O) groups excluding carboxylic acids is 1. The highest BCUT2D eigenvalue weighted by atomic mass is 35.5. The van der Waals surface area contributed by atoms with Gasteiger partial charge in [0.2, 0.25) is 0 Å². The average molecular weight is 166 g/mol.